The van der Waals surface area contributed by atoms with Crippen molar-refractivity contribution < 1.29 is 13.2 Å². The zero-order valence-corrected chi connectivity index (χ0v) is 18.0. The summed E-state index contributed by atoms with van der Waals surface area (Å²) >= 11 is 0. The molecule has 4 aliphatic heterocycles. The van der Waals surface area contributed by atoms with Crippen LogP contribution in [-0.4, -0.2) is 57.9 Å². The number of hydrogen-bond acceptors (Lipinski definition) is 5. The van der Waals surface area contributed by atoms with Gasteiger partial charge < -0.3 is 14.5 Å². The minimum Gasteiger partial charge on any atom is -0.493 e. The first-order valence-electron chi connectivity index (χ1n) is 11.2. The number of rotatable bonds is 4. The lowest BCUT2D eigenvalue weighted by molar-refractivity contribution is 0.192. The van der Waals surface area contributed by atoms with Crippen molar-refractivity contribution in [1.82, 2.24) is 4.90 Å². The first-order valence-corrected chi connectivity index (χ1v) is 12.9. The third-order valence-corrected chi connectivity index (χ3v) is 9.15. The van der Waals surface area contributed by atoms with E-state index in [1.54, 1.807) is 6.07 Å². The van der Waals surface area contributed by atoms with Gasteiger partial charge in [-0.2, -0.15) is 0 Å². The molecule has 0 bridgehead atoms. The van der Waals surface area contributed by atoms with E-state index in [9.17, 15) is 8.42 Å². The topological polar surface area (TPSA) is 49.9 Å². The predicted octanol–water partition coefficient (Wildman–Crippen LogP) is 3.02. The van der Waals surface area contributed by atoms with Crippen LogP contribution in [0.25, 0.3) is 0 Å². The highest BCUT2D eigenvalue weighted by Gasteiger charge is 2.46. The first kappa shape index (κ1) is 18.7. The summed E-state index contributed by atoms with van der Waals surface area (Å²) < 4.78 is 31.0. The molecule has 0 unspecified atom stereocenters. The van der Waals surface area contributed by atoms with Gasteiger partial charge in [-0.3, -0.25) is 0 Å². The molecule has 0 aliphatic carbocycles. The predicted molar refractivity (Wildman–Crippen MR) is 117 cm³/mol. The quantitative estimate of drug-likeness (QED) is 0.755. The fourth-order valence-electron chi connectivity index (χ4n) is 6.03. The molecule has 6 heteroatoms. The molecule has 2 aromatic rings. The molecule has 0 amide bonds. The van der Waals surface area contributed by atoms with E-state index in [4.69, 9.17) is 4.74 Å². The van der Waals surface area contributed by atoms with Gasteiger partial charge in [0, 0.05) is 38.0 Å². The van der Waals surface area contributed by atoms with Crippen molar-refractivity contribution in [3.63, 3.8) is 0 Å². The van der Waals surface area contributed by atoms with Gasteiger partial charge in [0.15, 0.2) is 9.84 Å². The van der Waals surface area contributed by atoms with Gasteiger partial charge in [0.2, 0.25) is 0 Å². The van der Waals surface area contributed by atoms with Crippen molar-refractivity contribution >= 4 is 15.5 Å². The van der Waals surface area contributed by atoms with Crippen LogP contribution < -0.4 is 9.64 Å². The van der Waals surface area contributed by atoms with Crippen molar-refractivity contribution in [2.24, 2.45) is 0 Å². The van der Waals surface area contributed by atoms with Crippen molar-refractivity contribution in [3.05, 3.63) is 53.1 Å². The number of para-hydroxylation sites is 2. The normalized spacial score (nSPS) is 26.1. The maximum absolute atomic E-state index is 12.6. The third-order valence-electron chi connectivity index (χ3n) is 7.43. The van der Waals surface area contributed by atoms with Crippen LogP contribution in [0.5, 0.6) is 5.75 Å². The Kier molecular flexibility index (Phi) is 4.36. The summed E-state index contributed by atoms with van der Waals surface area (Å²) in [5, 5.41) is 0. The lowest BCUT2D eigenvalue weighted by Crippen LogP contribution is -2.48. The van der Waals surface area contributed by atoms with E-state index in [-0.39, 0.29) is 5.75 Å². The van der Waals surface area contributed by atoms with E-state index in [2.05, 4.69) is 34.1 Å². The molecule has 0 radical (unpaired) electrons. The highest BCUT2D eigenvalue weighted by Crippen LogP contribution is 2.49. The highest BCUT2D eigenvalue weighted by atomic mass is 32.2. The van der Waals surface area contributed by atoms with Crippen LogP contribution in [0, 0.1) is 0 Å². The number of fused-ring (bicyclic) bond motifs is 4. The fraction of sp³-hybridized carbons (Fsp3) is 0.500. The minimum absolute atomic E-state index is 0.250. The van der Waals surface area contributed by atoms with Crippen molar-refractivity contribution in [3.8, 4) is 5.75 Å². The Hall–Kier alpha value is -2.05. The number of hydrogen-bond donors (Lipinski definition) is 0. The number of benzene rings is 2. The summed E-state index contributed by atoms with van der Waals surface area (Å²) in [5.74, 6) is 1.80. The van der Waals surface area contributed by atoms with Crippen LogP contribution in [0.3, 0.4) is 0 Å². The second-order valence-electron chi connectivity index (χ2n) is 9.08. The van der Waals surface area contributed by atoms with Gasteiger partial charge in [0.1, 0.15) is 5.75 Å². The van der Waals surface area contributed by atoms with Gasteiger partial charge in [-0.05, 0) is 48.6 Å². The van der Waals surface area contributed by atoms with Crippen molar-refractivity contribution in [2.75, 3.05) is 43.4 Å². The second kappa shape index (κ2) is 6.99. The monoisotopic (exact) mass is 424 g/mol. The summed E-state index contributed by atoms with van der Waals surface area (Å²) in [6.07, 6.45) is 4.33. The molecule has 5 nitrogen and oxygen atoms in total. The Morgan fingerprint density at radius 2 is 2.00 bits per heavy atom. The minimum atomic E-state index is -3.13. The smallest absolute Gasteiger partial charge is 0.182 e. The average Bonchev–Trinajstić information content (AvgIpc) is 3.35. The van der Waals surface area contributed by atoms with Gasteiger partial charge in [0.05, 0.1) is 22.9 Å². The summed E-state index contributed by atoms with van der Waals surface area (Å²) in [6.45, 7) is 4.67. The molecule has 0 saturated carbocycles. The molecule has 158 valence electrons. The number of ether oxygens (including phenoxy) is 1. The third kappa shape index (κ3) is 2.88. The molecule has 1 saturated heterocycles. The molecule has 2 atom stereocenters. The molecule has 0 spiro atoms. The molecule has 4 heterocycles. The molecule has 0 N–H and O–H groups in total. The van der Waals surface area contributed by atoms with E-state index in [1.807, 2.05) is 6.07 Å². The van der Waals surface area contributed by atoms with Crippen LogP contribution in [0.1, 0.15) is 35.4 Å². The van der Waals surface area contributed by atoms with Gasteiger partial charge in [-0.1, -0.05) is 30.3 Å². The Labute approximate surface area is 178 Å². The molecular formula is C24H28N2O3S. The zero-order valence-electron chi connectivity index (χ0n) is 17.2. The summed E-state index contributed by atoms with van der Waals surface area (Å²) in [7, 11) is -3.13. The number of piperidine rings is 1. The number of anilines is 1. The van der Waals surface area contributed by atoms with Crippen LogP contribution in [0.2, 0.25) is 0 Å². The second-order valence-corrected chi connectivity index (χ2v) is 11.2. The highest BCUT2D eigenvalue weighted by molar-refractivity contribution is 7.91. The molecule has 0 aromatic heterocycles. The number of likely N-dealkylation sites (tertiary alicyclic amines) is 1. The Morgan fingerprint density at radius 1 is 1.10 bits per heavy atom. The molecular weight excluding hydrogens is 396 g/mol. The lowest BCUT2D eigenvalue weighted by atomic mass is 9.89. The number of sulfone groups is 1. The summed E-state index contributed by atoms with van der Waals surface area (Å²) in [4.78, 5) is 5.54. The Balaban J connectivity index is 1.16. The number of nitrogens with zero attached hydrogens (tertiary/aromatic N) is 2. The molecule has 1 fully saturated rings. The van der Waals surface area contributed by atoms with Crippen molar-refractivity contribution in [1.29, 1.82) is 0 Å². The van der Waals surface area contributed by atoms with Crippen molar-refractivity contribution in [2.45, 2.75) is 42.5 Å². The van der Waals surface area contributed by atoms with Gasteiger partial charge >= 0.3 is 0 Å². The molecule has 6 rings (SSSR count). The van der Waals surface area contributed by atoms with E-state index < -0.39 is 9.84 Å². The van der Waals surface area contributed by atoms with Gasteiger partial charge in [-0.25, -0.2) is 8.42 Å². The van der Waals surface area contributed by atoms with E-state index in [0.717, 1.165) is 63.4 Å². The fourth-order valence-corrected chi connectivity index (χ4v) is 7.50. The maximum Gasteiger partial charge on any atom is 0.182 e. The number of aryl methyl sites for hydroxylation is 1. The van der Waals surface area contributed by atoms with Crippen LogP contribution in [-0.2, 0) is 22.7 Å². The molecule has 2 aromatic carbocycles. The standard InChI is InChI=1S/C24H28N2O3S/c27-30(28)15-13-26-21-9-12-25(16-20(21)19-7-2-8-22(30)23(19)26)11-3-6-17-4-1-5-18-10-14-29-24(17)18/h1-2,4-5,7-8,20-21H,3,6,9-16H2/t20-,21-/m1/s1. The van der Waals surface area contributed by atoms with Gasteiger partial charge in [-0.15, -0.1) is 0 Å². The first-order chi connectivity index (χ1) is 14.6. The molecule has 30 heavy (non-hydrogen) atoms. The van der Waals surface area contributed by atoms with E-state index >= 15 is 0 Å². The van der Waals surface area contributed by atoms with Crippen LogP contribution >= 0.6 is 0 Å². The van der Waals surface area contributed by atoms with E-state index in [0.29, 0.717) is 23.4 Å². The average molecular weight is 425 g/mol. The largest absolute Gasteiger partial charge is 0.493 e. The van der Waals surface area contributed by atoms with Crippen LogP contribution in [0.15, 0.2) is 41.3 Å². The van der Waals surface area contributed by atoms with E-state index in [1.165, 1.54) is 16.7 Å². The summed E-state index contributed by atoms with van der Waals surface area (Å²) in [6, 6.07) is 12.9. The summed E-state index contributed by atoms with van der Waals surface area (Å²) in [5.41, 5.74) is 4.96. The molecule has 4 aliphatic rings. The zero-order chi connectivity index (χ0) is 20.3. The van der Waals surface area contributed by atoms with Crippen LogP contribution in [0.4, 0.5) is 5.69 Å². The van der Waals surface area contributed by atoms with Gasteiger partial charge in [0.25, 0.3) is 0 Å². The lowest BCUT2D eigenvalue weighted by Gasteiger charge is -2.40. The maximum atomic E-state index is 12.6. The Morgan fingerprint density at radius 3 is 2.93 bits per heavy atom. The SMILES string of the molecule is O=S1(=O)CCN2c3c(cccc31)[C@H]1CN(CCCc3cccc4c3OCC4)CC[C@H]12. The Bertz CT molecular complexity index is 1100.